The SMILES string of the molecule is COc1ccc2nc3c(c(C(N)=O)c2c1)CN(Cc1ccccc1)CC3. The number of amides is 1. The maximum absolute atomic E-state index is 12.3. The molecule has 0 atom stereocenters. The highest BCUT2D eigenvalue weighted by molar-refractivity contribution is 6.07. The number of aromatic nitrogens is 1. The summed E-state index contributed by atoms with van der Waals surface area (Å²) in [6, 6.07) is 15.9. The Balaban J connectivity index is 1.76. The van der Waals surface area contributed by atoms with Gasteiger partial charge in [-0.25, -0.2) is 0 Å². The van der Waals surface area contributed by atoms with Crippen LogP contribution in [0.5, 0.6) is 5.75 Å². The molecule has 2 heterocycles. The molecule has 132 valence electrons. The number of hydrogen-bond acceptors (Lipinski definition) is 4. The molecule has 0 bridgehead atoms. The highest BCUT2D eigenvalue weighted by Gasteiger charge is 2.25. The van der Waals surface area contributed by atoms with Gasteiger partial charge in [0, 0.05) is 42.7 Å². The van der Waals surface area contributed by atoms with Crippen molar-refractivity contribution in [1.82, 2.24) is 9.88 Å². The molecular weight excluding hydrogens is 326 g/mol. The second-order valence-electron chi connectivity index (χ2n) is 6.61. The quantitative estimate of drug-likeness (QED) is 0.788. The Labute approximate surface area is 152 Å². The van der Waals surface area contributed by atoms with Gasteiger partial charge in [0.25, 0.3) is 0 Å². The van der Waals surface area contributed by atoms with Crippen molar-refractivity contribution in [3.05, 3.63) is 70.9 Å². The van der Waals surface area contributed by atoms with E-state index in [0.717, 1.165) is 41.7 Å². The molecule has 0 radical (unpaired) electrons. The molecule has 4 rings (SSSR count). The number of benzene rings is 2. The molecule has 1 aliphatic rings. The van der Waals surface area contributed by atoms with Gasteiger partial charge in [-0.15, -0.1) is 0 Å². The molecule has 2 N–H and O–H groups in total. The number of fused-ring (bicyclic) bond motifs is 2. The number of hydrogen-bond donors (Lipinski definition) is 1. The molecule has 2 aromatic carbocycles. The summed E-state index contributed by atoms with van der Waals surface area (Å²) >= 11 is 0. The van der Waals surface area contributed by atoms with Crippen molar-refractivity contribution in [1.29, 1.82) is 0 Å². The number of carbonyl (C=O) groups is 1. The zero-order valence-electron chi connectivity index (χ0n) is 14.7. The van der Waals surface area contributed by atoms with Gasteiger partial charge in [-0.05, 0) is 23.8 Å². The molecule has 0 saturated heterocycles. The molecule has 1 aromatic heterocycles. The predicted molar refractivity (Wildman–Crippen MR) is 101 cm³/mol. The number of nitrogens with zero attached hydrogens (tertiary/aromatic N) is 2. The zero-order valence-corrected chi connectivity index (χ0v) is 14.7. The van der Waals surface area contributed by atoms with Crippen LogP contribution in [0, 0.1) is 0 Å². The van der Waals surface area contributed by atoms with Crippen LogP contribution in [0.1, 0.15) is 27.2 Å². The average molecular weight is 347 g/mol. The van der Waals surface area contributed by atoms with E-state index < -0.39 is 5.91 Å². The van der Waals surface area contributed by atoms with Crippen molar-refractivity contribution in [2.75, 3.05) is 13.7 Å². The molecule has 5 heteroatoms. The van der Waals surface area contributed by atoms with E-state index in [1.54, 1.807) is 7.11 Å². The first kappa shape index (κ1) is 16.5. The second kappa shape index (κ2) is 6.77. The van der Waals surface area contributed by atoms with E-state index in [0.29, 0.717) is 17.9 Å². The van der Waals surface area contributed by atoms with E-state index in [4.69, 9.17) is 15.5 Å². The van der Waals surface area contributed by atoms with Crippen LogP contribution in [0.2, 0.25) is 0 Å². The molecular formula is C21H21N3O2. The van der Waals surface area contributed by atoms with E-state index >= 15 is 0 Å². The summed E-state index contributed by atoms with van der Waals surface area (Å²) in [6.07, 6.45) is 0.810. The molecule has 5 nitrogen and oxygen atoms in total. The van der Waals surface area contributed by atoms with Crippen LogP contribution >= 0.6 is 0 Å². The van der Waals surface area contributed by atoms with E-state index in [1.807, 2.05) is 36.4 Å². The lowest BCUT2D eigenvalue weighted by atomic mass is 9.95. The average Bonchev–Trinajstić information content (AvgIpc) is 2.66. The number of ether oxygens (including phenoxy) is 1. The summed E-state index contributed by atoms with van der Waals surface area (Å²) in [7, 11) is 1.61. The van der Waals surface area contributed by atoms with Crippen LogP contribution in [0.25, 0.3) is 10.9 Å². The van der Waals surface area contributed by atoms with Crippen LogP contribution < -0.4 is 10.5 Å². The number of rotatable bonds is 4. The molecule has 0 unspecified atom stereocenters. The Hall–Kier alpha value is -2.92. The van der Waals surface area contributed by atoms with Crippen molar-refractivity contribution >= 4 is 16.8 Å². The number of nitrogens with two attached hydrogens (primary N) is 1. The first-order valence-electron chi connectivity index (χ1n) is 8.71. The summed E-state index contributed by atoms with van der Waals surface area (Å²) in [6.45, 7) is 2.42. The van der Waals surface area contributed by atoms with Gasteiger partial charge in [0.05, 0.1) is 18.2 Å². The van der Waals surface area contributed by atoms with Crippen molar-refractivity contribution in [2.24, 2.45) is 5.73 Å². The van der Waals surface area contributed by atoms with Gasteiger partial charge < -0.3 is 10.5 Å². The molecule has 0 aliphatic carbocycles. The van der Waals surface area contributed by atoms with Crippen LogP contribution in [0.4, 0.5) is 0 Å². The summed E-state index contributed by atoms with van der Waals surface area (Å²) < 4.78 is 5.31. The Morgan fingerprint density at radius 3 is 2.77 bits per heavy atom. The maximum atomic E-state index is 12.3. The van der Waals surface area contributed by atoms with Gasteiger partial charge in [0.15, 0.2) is 0 Å². The zero-order chi connectivity index (χ0) is 18.1. The van der Waals surface area contributed by atoms with Gasteiger partial charge in [-0.2, -0.15) is 0 Å². The van der Waals surface area contributed by atoms with Crippen LogP contribution in [-0.4, -0.2) is 29.4 Å². The van der Waals surface area contributed by atoms with Crippen molar-refractivity contribution < 1.29 is 9.53 Å². The topological polar surface area (TPSA) is 68.5 Å². The van der Waals surface area contributed by atoms with Crippen molar-refractivity contribution in [3.63, 3.8) is 0 Å². The largest absolute Gasteiger partial charge is 0.497 e. The van der Waals surface area contributed by atoms with Gasteiger partial charge in [0.1, 0.15) is 5.75 Å². The first-order valence-corrected chi connectivity index (χ1v) is 8.71. The third kappa shape index (κ3) is 3.02. The highest BCUT2D eigenvalue weighted by atomic mass is 16.5. The lowest BCUT2D eigenvalue weighted by Gasteiger charge is -2.30. The first-order chi connectivity index (χ1) is 12.7. The van der Waals surface area contributed by atoms with Crippen molar-refractivity contribution in [2.45, 2.75) is 19.5 Å². The third-order valence-corrected chi connectivity index (χ3v) is 4.92. The highest BCUT2D eigenvalue weighted by Crippen LogP contribution is 2.30. The Kier molecular flexibility index (Phi) is 4.31. The Morgan fingerprint density at radius 2 is 2.04 bits per heavy atom. The van der Waals surface area contributed by atoms with E-state index in [9.17, 15) is 4.79 Å². The van der Waals surface area contributed by atoms with Crippen LogP contribution in [-0.2, 0) is 19.5 Å². The lowest BCUT2D eigenvalue weighted by molar-refractivity contribution is 0.0999. The smallest absolute Gasteiger partial charge is 0.249 e. The number of primary amides is 1. The number of carbonyl (C=O) groups excluding carboxylic acids is 1. The van der Waals surface area contributed by atoms with Gasteiger partial charge in [-0.1, -0.05) is 30.3 Å². The minimum atomic E-state index is -0.413. The second-order valence-corrected chi connectivity index (χ2v) is 6.61. The molecule has 0 fully saturated rings. The fourth-order valence-electron chi connectivity index (χ4n) is 3.66. The number of methoxy groups -OCH3 is 1. The molecule has 1 aliphatic heterocycles. The minimum absolute atomic E-state index is 0.413. The monoisotopic (exact) mass is 347 g/mol. The fourth-order valence-corrected chi connectivity index (χ4v) is 3.66. The summed E-state index contributed by atoms with van der Waals surface area (Å²) in [5.74, 6) is 0.280. The Morgan fingerprint density at radius 1 is 1.23 bits per heavy atom. The normalized spacial score (nSPS) is 14.2. The fraction of sp³-hybridized carbons (Fsp3) is 0.238. The standard InChI is InChI=1S/C21H21N3O2/c1-26-15-7-8-18-16(11-15)20(21(22)25)17-13-24(10-9-19(17)23-18)12-14-5-3-2-4-6-14/h2-8,11H,9-10,12-13H2,1H3,(H2,22,25). The van der Waals surface area contributed by atoms with Crippen LogP contribution in [0.3, 0.4) is 0 Å². The predicted octanol–water partition coefficient (Wildman–Crippen LogP) is 2.90. The minimum Gasteiger partial charge on any atom is -0.497 e. The lowest BCUT2D eigenvalue weighted by Crippen LogP contribution is -2.33. The van der Waals surface area contributed by atoms with Crippen LogP contribution in [0.15, 0.2) is 48.5 Å². The molecule has 26 heavy (non-hydrogen) atoms. The van der Waals surface area contributed by atoms with E-state index in [2.05, 4.69) is 17.0 Å². The van der Waals surface area contributed by atoms with E-state index in [-0.39, 0.29) is 0 Å². The summed E-state index contributed by atoms with van der Waals surface area (Å²) in [4.78, 5) is 19.4. The summed E-state index contributed by atoms with van der Waals surface area (Å²) in [5, 5.41) is 0.761. The molecule has 0 spiro atoms. The van der Waals surface area contributed by atoms with Gasteiger partial charge >= 0.3 is 0 Å². The van der Waals surface area contributed by atoms with E-state index in [1.165, 1.54) is 5.56 Å². The summed E-state index contributed by atoms with van der Waals surface area (Å²) in [5.41, 5.74) is 10.3. The maximum Gasteiger partial charge on any atom is 0.249 e. The molecule has 1 amide bonds. The van der Waals surface area contributed by atoms with Crippen molar-refractivity contribution in [3.8, 4) is 5.75 Å². The third-order valence-electron chi connectivity index (χ3n) is 4.92. The van der Waals surface area contributed by atoms with Gasteiger partial charge in [-0.3, -0.25) is 14.7 Å². The Bertz CT molecular complexity index is 970. The molecule has 3 aromatic rings. The number of pyridine rings is 1. The molecule has 0 saturated carbocycles. The van der Waals surface area contributed by atoms with Gasteiger partial charge in [0.2, 0.25) is 5.91 Å².